The van der Waals surface area contributed by atoms with E-state index in [1.165, 1.54) is 48.5 Å². The Balaban J connectivity index is 1.58. The van der Waals surface area contributed by atoms with Crippen LogP contribution in [0.15, 0.2) is 68.9 Å². The number of nitro benzene ring substituents is 1. The second kappa shape index (κ2) is 8.13. The monoisotopic (exact) mass is 443 g/mol. The SMILES string of the molecule is O=C1NC(=Nc2ccc(F)cc2)SC1=Cc1ccc(-c2ccc(Cl)cc2[N+](=O)[O-])o1. The Kier molecular flexibility index (Phi) is 5.39. The fraction of sp³-hybridized carbons (Fsp3) is 0. The van der Waals surface area contributed by atoms with Gasteiger partial charge in [0.1, 0.15) is 17.3 Å². The van der Waals surface area contributed by atoms with E-state index in [-0.39, 0.29) is 33.8 Å². The number of nitrogens with one attached hydrogen (secondary N) is 1. The number of amides is 1. The van der Waals surface area contributed by atoms with Gasteiger partial charge in [-0.15, -0.1) is 0 Å². The Morgan fingerprint density at radius 3 is 2.67 bits per heavy atom. The zero-order valence-electron chi connectivity index (χ0n) is 15.0. The highest BCUT2D eigenvalue weighted by molar-refractivity contribution is 8.18. The van der Waals surface area contributed by atoms with Crippen molar-refractivity contribution in [1.29, 1.82) is 0 Å². The molecule has 0 radical (unpaired) electrons. The summed E-state index contributed by atoms with van der Waals surface area (Å²) >= 11 is 6.94. The van der Waals surface area contributed by atoms with E-state index in [1.807, 2.05) is 0 Å². The average molecular weight is 444 g/mol. The highest BCUT2D eigenvalue weighted by Crippen LogP contribution is 2.35. The van der Waals surface area contributed by atoms with E-state index in [4.69, 9.17) is 16.0 Å². The van der Waals surface area contributed by atoms with Crippen molar-refractivity contribution in [3.05, 3.63) is 86.2 Å². The number of benzene rings is 2. The average Bonchev–Trinajstić information content (AvgIpc) is 3.30. The molecule has 10 heteroatoms. The molecular formula is C20H11ClFN3O4S. The number of halogens is 2. The Morgan fingerprint density at radius 2 is 1.93 bits per heavy atom. The summed E-state index contributed by atoms with van der Waals surface area (Å²) in [7, 11) is 0. The number of nitrogens with zero attached hydrogens (tertiary/aromatic N) is 2. The van der Waals surface area contributed by atoms with Crippen LogP contribution in [0.1, 0.15) is 5.76 Å². The first-order chi connectivity index (χ1) is 14.4. The maximum Gasteiger partial charge on any atom is 0.281 e. The molecule has 4 rings (SSSR count). The molecule has 1 N–H and O–H groups in total. The molecule has 2 heterocycles. The minimum atomic E-state index is -0.541. The van der Waals surface area contributed by atoms with Gasteiger partial charge >= 0.3 is 0 Å². The van der Waals surface area contributed by atoms with Gasteiger partial charge in [0, 0.05) is 17.2 Å². The van der Waals surface area contributed by atoms with Crippen molar-refractivity contribution in [2.24, 2.45) is 4.99 Å². The molecule has 30 heavy (non-hydrogen) atoms. The van der Waals surface area contributed by atoms with Gasteiger partial charge in [-0.25, -0.2) is 9.38 Å². The normalized spacial score (nSPS) is 16.3. The summed E-state index contributed by atoms with van der Waals surface area (Å²) in [5, 5.41) is 14.5. The van der Waals surface area contributed by atoms with Crippen LogP contribution in [0.2, 0.25) is 5.02 Å². The third kappa shape index (κ3) is 4.27. The summed E-state index contributed by atoms with van der Waals surface area (Å²) in [5.41, 5.74) is 0.588. The summed E-state index contributed by atoms with van der Waals surface area (Å²) in [5.74, 6) is -0.128. The summed E-state index contributed by atoms with van der Waals surface area (Å²) in [6.07, 6.45) is 1.51. The molecule has 7 nitrogen and oxygen atoms in total. The highest BCUT2D eigenvalue weighted by atomic mass is 35.5. The second-order valence-electron chi connectivity index (χ2n) is 6.08. The van der Waals surface area contributed by atoms with Crippen molar-refractivity contribution in [2.45, 2.75) is 0 Å². The predicted molar refractivity (Wildman–Crippen MR) is 113 cm³/mol. The first kappa shape index (κ1) is 19.9. The van der Waals surface area contributed by atoms with Crippen LogP contribution in [0.25, 0.3) is 17.4 Å². The van der Waals surface area contributed by atoms with Gasteiger partial charge in [-0.2, -0.15) is 0 Å². The summed E-state index contributed by atoms with van der Waals surface area (Å²) in [4.78, 5) is 27.5. The number of hydrogen-bond acceptors (Lipinski definition) is 6. The topological polar surface area (TPSA) is 97.7 Å². The molecule has 0 atom stereocenters. The van der Waals surface area contributed by atoms with Crippen molar-refractivity contribution in [3.63, 3.8) is 0 Å². The van der Waals surface area contributed by atoms with Crippen LogP contribution >= 0.6 is 23.4 Å². The predicted octanol–water partition coefficient (Wildman–Crippen LogP) is 5.54. The van der Waals surface area contributed by atoms with Gasteiger partial charge in [-0.3, -0.25) is 14.9 Å². The molecule has 0 aliphatic carbocycles. The molecule has 3 aromatic rings. The standard InChI is InChI=1S/C20H11ClFN3O4S/c21-11-1-7-15(16(9-11)25(27)28)17-8-6-14(29-17)10-18-19(26)24-20(30-18)23-13-4-2-12(22)3-5-13/h1-10H,(H,23,24,26). The Hall–Kier alpha value is -3.43. The first-order valence-corrected chi connectivity index (χ1v) is 9.68. The van der Waals surface area contributed by atoms with Crippen molar-refractivity contribution in [2.75, 3.05) is 0 Å². The summed E-state index contributed by atoms with van der Waals surface area (Å²) in [6.45, 7) is 0. The van der Waals surface area contributed by atoms with Crippen molar-refractivity contribution >= 4 is 51.9 Å². The fourth-order valence-corrected chi connectivity index (χ4v) is 3.67. The minimum Gasteiger partial charge on any atom is -0.456 e. The lowest BCUT2D eigenvalue weighted by atomic mass is 10.1. The number of amidine groups is 1. The van der Waals surface area contributed by atoms with Crippen molar-refractivity contribution in [3.8, 4) is 11.3 Å². The van der Waals surface area contributed by atoms with Gasteiger partial charge in [0.05, 0.1) is 21.1 Å². The number of furan rings is 1. The zero-order chi connectivity index (χ0) is 21.3. The number of aliphatic imine (C=N–C) groups is 1. The zero-order valence-corrected chi connectivity index (χ0v) is 16.5. The molecule has 1 fully saturated rings. The van der Waals surface area contributed by atoms with E-state index in [0.717, 1.165) is 11.8 Å². The van der Waals surface area contributed by atoms with E-state index >= 15 is 0 Å². The van der Waals surface area contributed by atoms with Crippen LogP contribution in [0, 0.1) is 15.9 Å². The Labute approximate surface area is 178 Å². The molecule has 1 saturated heterocycles. The maximum atomic E-state index is 13.0. The Morgan fingerprint density at radius 1 is 1.17 bits per heavy atom. The second-order valence-corrected chi connectivity index (χ2v) is 7.55. The molecule has 2 aromatic carbocycles. The molecule has 1 aromatic heterocycles. The molecule has 1 aliphatic rings. The number of rotatable bonds is 4. The number of thioether (sulfide) groups is 1. The van der Waals surface area contributed by atoms with Crippen LogP contribution in [0.5, 0.6) is 0 Å². The van der Waals surface area contributed by atoms with Gasteiger partial charge in [0.25, 0.3) is 11.6 Å². The van der Waals surface area contributed by atoms with E-state index in [2.05, 4.69) is 10.3 Å². The first-order valence-electron chi connectivity index (χ1n) is 8.48. The van der Waals surface area contributed by atoms with E-state index in [0.29, 0.717) is 21.5 Å². The largest absolute Gasteiger partial charge is 0.456 e. The van der Waals surface area contributed by atoms with Crippen LogP contribution in [-0.2, 0) is 4.79 Å². The van der Waals surface area contributed by atoms with Crippen LogP contribution in [0.4, 0.5) is 15.8 Å². The summed E-state index contributed by atoms with van der Waals surface area (Å²) in [6, 6.07) is 13.0. The molecule has 1 amide bonds. The third-order valence-corrected chi connectivity index (χ3v) is 5.18. The smallest absolute Gasteiger partial charge is 0.281 e. The van der Waals surface area contributed by atoms with Gasteiger partial charge in [-0.1, -0.05) is 11.6 Å². The molecule has 0 saturated carbocycles. The van der Waals surface area contributed by atoms with Crippen LogP contribution in [0.3, 0.4) is 0 Å². The fourth-order valence-electron chi connectivity index (χ4n) is 2.68. The van der Waals surface area contributed by atoms with Gasteiger partial charge in [0.15, 0.2) is 5.17 Å². The van der Waals surface area contributed by atoms with E-state index < -0.39 is 4.92 Å². The number of carbonyl (C=O) groups excluding carboxylic acids is 1. The molecule has 0 spiro atoms. The van der Waals surface area contributed by atoms with E-state index in [9.17, 15) is 19.3 Å². The van der Waals surface area contributed by atoms with Gasteiger partial charge < -0.3 is 9.73 Å². The lowest BCUT2D eigenvalue weighted by Crippen LogP contribution is -2.19. The molecule has 1 aliphatic heterocycles. The quantitative estimate of drug-likeness (QED) is 0.324. The van der Waals surface area contributed by atoms with E-state index in [1.54, 1.807) is 12.1 Å². The highest BCUT2D eigenvalue weighted by Gasteiger charge is 2.25. The molecular weight excluding hydrogens is 433 g/mol. The van der Waals surface area contributed by atoms with Crippen LogP contribution in [-0.4, -0.2) is 16.0 Å². The third-order valence-electron chi connectivity index (χ3n) is 4.03. The number of nitro groups is 1. The number of carbonyl (C=O) groups is 1. The lowest BCUT2D eigenvalue weighted by molar-refractivity contribution is -0.384. The Bertz CT molecular complexity index is 1220. The maximum absolute atomic E-state index is 13.0. The molecule has 0 unspecified atom stereocenters. The number of hydrogen-bond donors (Lipinski definition) is 1. The molecule has 0 bridgehead atoms. The van der Waals surface area contributed by atoms with Crippen molar-refractivity contribution < 1.29 is 18.5 Å². The van der Waals surface area contributed by atoms with Crippen molar-refractivity contribution in [1.82, 2.24) is 5.32 Å². The minimum absolute atomic E-state index is 0.183. The van der Waals surface area contributed by atoms with Gasteiger partial charge in [0.2, 0.25) is 0 Å². The summed E-state index contributed by atoms with van der Waals surface area (Å²) < 4.78 is 18.7. The van der Waals surface area contributed by atoms with Crippen LogP contribution < -0.4 is 5.32 Å². The molecule has 150 valence electrons. The lowest BCUT2D eigenvalue weighted by Gasteiger charge is -2.00. The van der Waals surface area contributed by atoms with Gasteiger partial charge in [-0.05, 0) is 60.3 Å².